The topological polar surface area (TPSA) is 90.7 Å². The average Bonchev–Trinajstić information content (AvgIpc) is 2.69. The molecular weight excluding hydrogens is 371 g/mol. The summed E-state index contributed by atoms with van der Waals surface area (Å²) >= 11 is 0. The molecule has 6 nitrogen and oxygen atoms in total. The van der Waals surface area contributed by atoms with E-state index in [0.717, 1.165) is 12.1 Å². The van der Waals surface area contributed by atoms with Gasteiger partial charge in [0.2, 0.25) is 0 Å². The van der Waals surface area contributed by atoms with Gasteiger partial charge in [0.05, 0.1) is 22.9 Å². The van der Waals surface area contributed by atoms with Gasteiger partial charge in [-0.25, -0.2) is 0 Å². The lowest BCUT2D eigenvalue weighted by Crippen LogP contribution is -2.18. The van der Waals surface area contributed by atoms with Gasteiger partial charge < -0.3 is 10.6 Å². The number of benzene rings is 2. The molecule has 0 aliphatic rings. The Bertz CT molecular complexity index is 1030. The first kappa shape index (κ1) is 18.8. The van der Waals surface area contributed by atoms with Crippen LogP contribution in [0.2, 0.25) is 0 Å². The summed E-state index contributed by atoms with van der Waals surface area (Å²) in [6.45, 7) is 0. The Balaban J connectivity index is 1.71. The summed E-state index contributed by atoms with van der Waals surface area (Å²) in [5.41, 5.74) is -0.285. The number of nitrogens with one attached hydrogen (secondary N) is 2. The van der Waals surface area contributed by atoms with Crippen LogP contribution in [0.1, 0.15) is 21.6 Å². The van der Waals surface area contributed by atoms with Crippen LogP contribution in [-0.4, -0.2) is 16.1 Å². The molecule has 28 heavy (non-hydrogen) atoms. The van der Waals surface area contributed by atoms with Gasteiger partial charge >= 0.3 is 6.18 Å². The summed E-state index contributed by atoms with van der Waals surface area (Å²) in [7, 11) is 0. The number of amides is 1. The van der Waals surface area contributed by atoms with Crippen molar-refractivity contribution in [2.45, 2.75) is 6.18 Å². The van der Waals surface area contributed by atoms with Gasteiger partial charge in [-0.15, -0.1) is 10.2 Å². The van der Waals surface area contributed by atoms with Crippen LogP contribution in [0.15, 0.2) is 60.7 Å². The molecule has 0 saturated carbocycles. The molecule has 3 rings (SSSR count). The highest BCUT2D eigenvalue weighted by Gasteiger charge is 2.33. The van der Waals surface area contributed by atoms with Crippen LogP contribution >= 0.6 is 0 Å². The first-order chi connectivity index (χ1) is 13.4. The van der Waals surface area contributed by atoms with Gasteiger partial charge in [0.15, 0.2) is 11.5 Å². The number of carbonyl (C=O) groups excluding carboxylic acids is 1. The number of anilines is 3. The smallest absolute Gasteiger partial charge is 0.339 e. The molecule has 0 aliphatic carbocycles. The van der Waals surface area contributed by atoms with Gasteiger partial charge in [0.1, 0.15) is 0 Å². The normalized spacial score (nSPS) is 10.8. The zero-order valence-electron chi connectivity index (χ0n) is 14.2. The predicted octanol–water partition coefficient (Wildman–Crippen LogP) is 4.36. The third kappa shape index (κ3) is 4.42. The number of hydrogen-bond donors (Lipinski definition) is 2. The van der Waals surface area contributed by atoms with Gasteiger partial charge in [0.25, 0.3) is 5.91 Å². The molecule has 0 radical (unpaired) electrons. The number of nitriles is 1. The number of para-hydroxylation sites is 1. The van der Waals surface area contributed by atoms with Gasteiger partial charge in [-0.05, 0) is 48.5 Å². The minimum Gasteiger partial charge on any atom is -0.339 e. The molecule has 140 valence electrons. The van der Waals surface area contributed by atoms with Gasteiger partial charge in [-0.2, -0.15) is 18.4 Å². The second-order valence-corrected chi connectivity index (χ2v) is 5.62. The Morgan fingerprint density at radius 2 is 1.68 bits per heavy atom. The molecule has 0 fully saturated rings. The number of hydrogen-bond acceptors (Lipinski definition) is 5. The van der Waals surface area contributed by atoms with Gasteiger partial charge in [-0.1, -0.05) is 12.1 Å². The maximum atomic E-state index is 13.0. The largest absolute Gasteiger partial charge is 0.418 e. The Labute approximate surface area is 157 Å². The van der Waals surface area contributed by atoms with Crippen molar-refractivity contribution in [1.82, 2.24) is 10.2 Å². The standard InChI is InChI=1S/C19H12F3N5O/c20-19(21,22)14-3-1-2-4-15(14)25-18(28)16-9-10-17(27-26-16)24-13-7-5-12(11-23)6-8-13/h1-10H,(H,24,27)(H,25,28). The molecule has 0 bridgehead atoms. The minimum atomic E-state index is -4.59. The number of rotatable bonds is 4. The number of nitrogens with zero attached hydrogens (tertiary/aromatic N) is 3. The third-order valence-corrected chi connectivity index (χ3v) is 3.66. The molecule has 0 aliphatic heterocycles. The maximum absolute atomic E-state index is 13.0. The van der Waals surface area contributed by atoms with E-state index >= 15 is 0 Å². The fourth-order valence-electron chi connectivity index (χ4n) is 2.32. The second kappa shape index (κ2) is 7.75. The summed E-state index contributed by atoms with van der Waals surface area (Å²) in [5.74, 6) is -0.480. The average molecular weight is 383 g/mol. The van der Waals surface area contributed by atoms with Crippen LogP contribution in [0.3, 0.4) is 0 Å². The third-order valence-electron chi connectivity index (χ3n) is 3.66. The number of carbonyl (C=O) groups is 1. The first-order valence-corrected chi connectivity index (χ1v) is 7.95. The molecule has 0 saturated heterocycles. The molecule has 0 spiro atoms. The molecule has 1 heterocycles. The fourth-order valence-corrected chi connectivity index (χ4v) is 2.32. The fraction of sp³-hybridized carbons (Fsp3) is 0.0526. The van der Waals surface area contributed by atoms with E-state index in [1.807, 2.05) is 6.07 Å². The monoisotopic (exact) mass is 383 g/mol. The summed E-state index contributed by atoms with van der Waals surface area (Å²) in [4.78, 5) is 12.2. The SMILES string of the molecule is N#Cc1ccc(Nc2ccc(C(=O)Nc3ccccc3C(F)(F)F)nn2)cc1. The highest BCUT2D eigenvalue weighted by Crippen LogP contribution is 2.34. The Morgan fingerprint density at radius 3 is 2.29 bits per heavy atom. The Hall–Kier alpha value is -3.93. The van der Waals surface area contributed by atoms with Crippen molar-refractivity contribution in [3.05, 3.63) is 77.5 Å². The van der Waals surface area contributed by atoms with E-state index in [1.165, 1.54) is 24.3 Å². The quantitative estimate of drug-likeness (QED) is 0.698. The summed E-state index contributed by atoms with van der Waals surface area (Å²) in [5, 5.41) is 21.5. The van der Waals surface area contributed by atoms with Crippen LogP contribution in [0, 0.1) is 11.3 Å². The van der Waals surface area contributed by atoms with Crippen molar-refractivity contribution >= 4 is 23.1 Å². The minimum absolute atomic E-state index is 0.137. The number of halogens is 3. The van der Waals surface area contributed by atoms with Gasteiger partial charge in [0, 0.05) is 5.69 Å². The molecule has 1 aromatic heterocycles. The van der Waals surface area contributed by atoms with E-state index in [4.69, 9.17) is 5.26 Å². The second-order valence-electron chi connectivity index (χ2n) is 5.62. The van der Waals surface area contributed by atoms with Crippen molar-refractivity contribution in [2.75, 3.05) is 10.6 Å². The summed E-state index contributed by atoms with van der Waals surface area (Å²) in [6, 6.07) is 16.1. The molecule has 0 unspecified atom stereocenters. The lowest BCUT2D eigenvalue weighted by Gasteiger charge is -2.13. The summed E-state index contributed by atoms with van der Waals surface area (Å²) < 4.78 is 39.0. The molecule has 3 aromatic rings. The molecule has 0 atom stereocenters. The van der Waals surface area contributed by atoms with Crippen molar-refractivity contribution in [1.29, 1.82) is 5.26 Å². The first-order valence-electron chi connectivity index (χ1n) is 7.95. The van der Waals surface area contributed by atoms with E-state index in [-0.39, 0.29) is 11.4 Å². The van der Waals surface area contributed by atoms with Crippen LogP contribution in [0.25, 0.3) is 0 Å². The Morgan fingerprint density at radius 1 is 0.964 bits per heavy atom. The van der Waals surface area contributed by atoms with Crippen LogP contribution in [-0.2, 0) is 6.18 Å². The Kier molecular flexibility index (Phi) is 5.22. The number of aromatic nitrogens is 2. The molecule has 1 amide bonds. The van der Waals surface area contributed by atoms with E-state index in [0.29, 0.717) is 17.1 Å². The highest BCUT2D eigenvalue weighted by atomic mass is 19.4. The summed E-state index contributed by atoms with van der Waals surface area (Å²) in [6.07, 6.45) is -4.59. The lowest BCUT2D eigenvalue weighted by molar-refractivity contribution is -0.136. The lowest BCUT2D eigenvalue weighted by atomic mass is 10.1. The van der Waals surface area contributed by atoms with Crippen LogP contribution in [0.4, 0.5) is 30.4 Å². The zero-order valence-corrected chi connectivity index (χ0v) is 14.2. The van der Waals surface area contributed by atoms with Crippen molar-refractivity contribution in [2.24, 2.45) is 0 Å². The van der Waals surface area contributed by atoms with E-state index in [9.17, 15) is 18.0 Å². The maximum Gasteiger partial charge on any atom is 0.418 e. The molecule has 2 aromatic carbocycles. The zero-order chi connectivity index (χ0) is 20.1. The molecule has 2 N–H and O–H groups in total. The van der Waals surface area contributed by atoms with Crippen molar-refractivity contribution in [3.8, 4) is 6.07 Å². The van der Waals surface area contributed by atoms with Crippen LogP contribution in [0.5, 0.6) is 0 Å². The molecular formula is C19H12F3N5O. The van der Waals surface area contributed by atoms with E-state index in [2.05, 4.69) is 20.8 Å². The van der Waals surface area contributed by atoms with Crippen molar-refractivity contribution in [3.63, 3.8) is 0 Å². The van der Waals surface area contributed by atoms with Gasteiger partial charge in [-0.3, -0.25) is 4.79 Å². The van der Waals surface area contributed by atoms with E-state index in [1.54, 1.807) is 24.3 Å². The predicted molar refractivity (Wildman–Crippen MR) is 95.9 cm³/mol. The van der Waals surface area contributed by atoms with Crippen molar-refractivity contribution < 1.29 is 18.0 Å². The molecule has 9 heteroatoms. The number of alkyl halides is 3. The van der Waals surface area contributed by atoms with Crippen LogP contribution < -0.4 is 10.6 Å². The highest BCUT2D eigenvalue weighted by molar-refractivity contribution is 6.03. The van der Waals surface area contributed by atoms with E-state index < -0.39 is 17.6 Å².